The van der Waals surface area contributed by atoms with E-state index in [0.717, 1.165) is 39.3 Å². The van der Waals surface area contributed by atoms with Crippen LogP contribution in [0.25, 0.3) is 0 Å². The molecule has 0 unspecified atom stereocenters. The van der Waals surface area contributed by atoms with Crippen molar-refractivity contribution in [2.75, 3.05) is 40.0 Å². The molecular formula is C12H20BrNO2S. The smallest absolute Gasteiger partial charge is 0.0591 e. The number of nitrogens with one attached hydrogen (secondary N) is 1. The number of methoxy groups -OCH3 is 1. The molecule has 3 nitrogen and oxygen atoms in total. The first-order valence-corrected chi connectivity index (χ1v) is 7.37. The SMILES string of the molecule is COCCNCCOCCc1sc(C)cc1Br. The molecule has 0 aliphatic heterocycles. The zero-order valence-electron chi connectivity index (χ0n) is 10.4. The molecular weight excluding hydrogens is 302 g/mol. The molecule has 1 heterocycles. The molecule has 0 radical (unpaired) electrons. The maximum Gasteiger partial charge on any atom is 0.0591 e. The van der Waals surface area contributed by atoms with E-state index in [1.807, 2.05) is 11.3 Å². The quantitative estimate of drug-likeness (QED) is 0.709. The zero-order chi connectivity index (χ0) is 12.5. The van der Waals surface area contributed by atoms with E-state index in [4.69, 9.17) is 9.47 Å². The minimum Gasteiger partial charge on any atom is -0.383 e. The van der Waals surface area contributed by atoms with Crippen molar-refractivity contribution in [2.45, 2.75) is 13.3 Å². The fraction of sp³-hybridized carbons (Fsp3) is 0.667. The summed E-state index contributed by atoms with van der Waals surface area (Å²) in [7, 11) is 1.71. The van der Waals surface area contributed by atoms with E-state index in [1.165, 1.54) is 14.2 Å². The monoisotopic (exact) mass is 321 g/mol. The Hall–Kier alpha value is 0.0600. The van der Waals surface area contributed by atoms with Crippen molar-refractivity contribution in [3.8, 4) is 0 Å². The van der Waals surface area contributed by atoms with Gasteiger partial charge in [-0.25, -0.2) is 0 Å². The average molecular weight is 322 g/mol. The van der Waals surface area contributed by atoms with E-state index >= 15 is 0 Å². The highest BCUT2D eigenvalue weighted by Gasteiger charge is 2.03. The van der Waals surface area contributed by atoms with Crippen LogP contribution in [-0.4, -0.2) is 40.0 Å². The lowest BCUT2D eigenvalue weighted by molar-refractivity contribution is 0.135. The van der Waals surface area contributed by atoms with Crippen LogP contribution in [0.5, 0.6) is 0 Å². The highest BCUT2D eigenvalue weighted by Crippen LogP contribution is 2.26. The highest BCUT2D eigenvalue weighted by atomic mass is 79.9. The number of ether oxygens (including phenoxy) is 2. The molecule has 1 aromatic heterocycles. The zero-order valence-corrected chi connectivity index (χ0v) is 12.8. The average Bonchev–Trinajstić information content (AvgIpc) is 2.61. The predicted octanol–water partition coefficient (Wildman–Crippen LogP) is 2.61. The number of aryl methyl sites for hydroxylation is 1. The molecule has 1 rings (SSSR count). The van der Waals surface area contributed by atoms with Gasteiger partial charge >= 0.3 is 0 Å². The molecule has 0 fully saturated rings. The Balaban J connectivity index is 1.99. The molecule has 1 aromatic rings. The van der Waals surface area contributed by atoms with Crippen LogP contribution in [0.4, 0.5) is 0 Å². The minimum atomic E-state index is 0.751. The third kappa shape index (κ3) is 6.52. The Morgan fingerprint density at radius 3 is 2.71 bits per heavy atom. The second kappa shape index (κ2) is 9.05. The van der Waals surface area contributed by atoms with Crippen molar-refractivity contribution in [3.63, 3.8) is 0 Å². The first kappa shape index (κ1) is 15.1. The van der Waals surface area contributed by atoms with Gasteiger partial charge < -0.3 is 14.8 Å². The third-order valence-electron chi connectivity index (χ3n) is 2.26. The van der Waals surface area contributed by atoms with Crippen molar-refractivity contribution < 1.29 is 9.47 Å². The van der Waals surface area contributed by atoms with E-state index in [1.54, 1.807) is 7.11 Å². The van der Waals surface area contributed by atoms with Gasteiger partial charge in [0.15, 0.2) is 0 Å². The molecule has 0 amide bonds. The first-order valence-electron chi connectivity index (χ1n) is 5.76. The van der Waals surface area contributed by atoms with Crippen LogP contribution < -0.4 is 5.32 Å². The number of halogens is 1. The number of hydrogen-bond acceptors (Lipinski definition) is 4. The molecule has 0 atom stereocenters. The molecule has 0 spiro atoms. The van der Waals surface area contributed by atoms with Gasteiger partial charge in [0.2, 0.25) is 0 Å². The molecule has 17 heavy (non-hydrogen) atoms. The summed E-state index contributed by atoms with van der Waals surface area (Å²) in [6.45, 7) is 6.18. The minimum absolute atomic E-state index is 0.751. The van der Waals surface area contributed by atoms with E-state index in [0.29, 0.717) is 0 Å². The van der Waals surface area contributed by atoms with Crippen LogP contribution in [-0.2, 0) is 15.9 Å². The molecule has 1 N–H and O–H groups in total. The van der Waals surface area contributed by atoms with Gasteiger partial charge in [0.1, 0.15) is 0 Å². The van der Waals surface area contributed by atoms with Gasteiger partial charge in [0, 0.05) is 40.8 Å². The Kier molecular flexibility index (Phi) is 8.05. The summed E-state index contributed by atoms with van der Waals surface area (Å²) in [5.41, 5.74) is 0. The van der Waals surface area contributed by atoms with Crippen LogP contribution in [0.1, 0.15) is 9.75 Å². The summed E-state index contributed by atoms with van der Waals surface area (Å²) in [6.07, 6.45) is 0.983. The Labute approximate surface area is 116 Å². The van der Waals surface area contributed by atoms with Gasteiger partial charge in [0.05, 0.1) is 19.8 Å². The topological polar surface area (TPSA) is 30.5 Å². The van der Waals surface area contributed by atoms with Crippen molar-refractivity contribution in [3.05, 3.63) is 20.3 Å². The van der Waals surface area contributed by atoms with Gasteiger partial charge in [-0.2, -0.15) is 0 Å². The van der Waals surface area contributed by atoms with Crippen LogP contribution >= 0.6 is 27.3 Å². The van der Waals surface area contributed by atoms with Crippen LogP contribution in [0.3, 0.4) is 0 Å². The first-order chi connectivity index (χ1) is 8.24. The van der Waals surface area contributed by atoms with Crippen molar-refractivity contribution in [2.24, 2.45) is 0 Å². The second-order valence-electron chi connectivity index (χ2n) is 3.73. The highest BCUT2D eigenvalue weighted by molar-refractivity contribution is 9.10. The summed E-state index contributed by atoms with van der Waals surface area (Å²) in [5.74, 6) is 0. The van der Waals surface area contributed by atoms with E-state index < -0.39 is 0 Å². The lowest BCUT2D eigenvalue weighted by atomic mass is 10.3. The molecule has 0 aliphatic carbocycles. The summed E-state index contributed by atoms with van der Waals surface area (Å²) in [5, 5.41) is 3.24. The molecule has 0 saturated carbocycles. The summed E-state index contributed by atoms with van der Waals surface area (Å²) < 4.78 is 11.7. The molecule has 98 valence electrons. The molecule has 0 bridgehead atoms. The lowest BCUT2D eigenvalue weighted by Gasteiger charge is -2.05. The predicted molar refractivity (Wildman–Crippen MR) is 76.0 cm³/mol. The normalized spacial score (nSPS) is 11.0. The fourth-order valence-electron chi connectivity index (χ4n) is 1.41. The Morgan fingerprint density at radius 2 is 2.06 bits per heavy atom. The molecule has 0 saturated heterocycles. The van der Waals surface area contributed by atoms with E-state index in [9.17, 15) is 0 Å². The van der Waals surface area contributed by atoms with Gasteiger partial charge in [-0.1, -0.05) is 0 Å². The standard InChI is InChI=1S/C12H20BrNO2S/c1-10-9-11(13)12(17-10)3-6-16-8-5-14-4-7-15-2/h9,14H,3-8H2,1-2H3. The summed E-state index contributed by atoms with van der Waals surface area (Å²) >= 11 is 5.39. The van der Waals surface area contributed by atoms with Gasteiger partial charge in [-0.3, -0.25) is 0 Å². The van der Waals surface area contributed by atoms with Crippen molar-refractivity contribution in [1.82, 2.24) is 5.32 Å². The van der Waals surface area contributed by atoms with Gasteiger partial charge in [-0.15, -0.1) is 11.3 Å². The molecule has 5 heteroatoms. The maximum absolute atomic E-state index is 5.56. The van der Waals surface area contributed by atoms with Gasteiger partial charge in [0.25, 0.3) is 0 Å². The summed E-state index contributed by atoms with van der Waals surface area (Å²) in [6, 6.07) is 2.16. The molecule has 0 aromatic carbocycles. The van der Waals surface area contributed by atoms with Crippen LogP contribution in [0.2, 0.25) is 0 Å². The number of rotatable bonds is 9. The van der Waals surface area contributed by atoms with Crippen molar-refractivity contribution >= 4 is 27.3 Å². The largest absolute Gasteiger partial charge is 0.383 e. The van der Waals surface area contributed by atoms with E-state index in [2.05, 4.69) is 34.2 Å². The Bertz CT molecular complexity index is 317. The Morgan fingerprint density at radius 1 is 1.29 bits per heavy atom. The van der Waals surface area contributed by atoms with Crippen LogP contribution in [0.15, 0.2) is 10.5 Å². The number of hydrogen-bond donors (Lipinski definition) is 1. The van der Waals surface area contributed by atoms with Crippen molar-refractivity contribution in [1.29, 1.82) is 0 Å². The summed E-state index contributed by atoms with van der Waals surface area (Å²) in [4.78, 5) is 2.71. The maximum atomic E-state index is 5.56. The third-order valence-corrected chi connectivity index (χ3v) is 4.34. The molecule has 0 aliphatic rings. The van der Waals surface area contributed by atoms with E-state index in [-0.39, 0.29) is 0 Å². The second-order valence-corrected chi connectivity index (χ2v) is 5.93. The lowest BCUT2D eigenvalue weighted by Crippen LogP contribution is -2.23. The fourth-order valence-corrected chi connectivity index (χ4v) is 3.26. The van der Waals surface area contributed by atoms with Gasteiger partial charge in [-0.05, 0) is 28.9 Å². The van der Waals surface area contributed by atoms with Crippen LogP contribution in [0, 0.1) is 6.92 Å². The number of thiophene rings is 1.